The molecule has 0 atom stereocenters. The van der Waals surface area contributed by atoms with E-state index in [1.165, 1.54) is 0 Å². The number of nitrogens with zero attached hydrogens (tertiary/aromatic N) is 1. The van der Waals surface area contributed by atoms with Gasteiger partial charge in [0.1, 0.15) is 6.61 Å². The summed E-state index contributed by atoms with van der Waals surface area (Å²) >= 11 is 0. The molecule has 0 spiro atoms. The minimum Gasteiger partial charge on any atom is -0.456 e. The maximum Gasteiger partial charge on any atom is 0.512 e. The largest absolute Gasteiger partial charge is 0.512 e. The average Bonchev–Trinajstić information content (AvgIpc) is 2.47. The molecule has 0 radical (unpaired) electrons. The number of esters is 1. The SMILES string of the molecule is O=C(O)OC1=NNC2=C(C1)C(=O)OC2. The van der Waals surface area contributed by atoms with Crippen LogP contribution in [0.5, 0.6) is 0 Å². The second-order valence-electron chi connectivity index (χ2n) is 2.70. The van der Waals surface area contributed by atoms with Crippen LogP contribution in [0.2, 0.25) is 0 Å². The lowest BCUT2D eigenvalue weighted by atomic mass is 10.1. The number of cyclic esters (lactones) is 1. The van der Waals surface area contributed by atoms with E-state index in [1.54, 1.807) is 0 Å². The maximum absolute atomic E-state index is 11.1. The molecule has 74 valence electrons. The molecule has 0 aromatic rings. The quantitative estimate of drug-likeness (QED) is 0.523. The molecule has 0 saturated carbocycles. The summed E-state index contributed by atoms with van der Waals surface area (Å²) in [6.07, 6.45) is -1.41. The molecule has 7 nitrogen and oxygen atoms in total. The molecule has 0 aliphatic carbocycles. The molecule has 0 amide bonds. The fraction of sp³-hybridized carbons (Fsp3) is 0.286. The van der Waals surface area contributed by atoms with Gasteiger partial charge in [0.05, 0.1) is 17.7 Å². The predicted molar refractivity (Wildman–Crippen MR) is 42.3 cm³/mol. The monoisotopic (exact) mass is 198 g/mol. The molecule has 2 aliphatic rings. The molecule has 2 N–H and O–H groups in total. The van der Waals surface area contributed by atoms with Crippen LogP contribution in [-0.2, 0) is 14.3 Å². The number of nitrogens with one attached hydrogen (secondary N) is 1. The number of rotatable bonds is 0. The molecule has 0 fully saturated rings. The minimum atomic E-state index is -1.46. The van der Waals surface area contributed by atoms with Crippen molar-refractivity contribution < 1.29 is 24.2 Å². The van der Waals surface area contributed by atoms with Gasteiger partial charge in [0.15, 0.2) is 0 Å². The van der Waals surface area contributed by atoms with E-state index in [2.05, 4.69) is 15.3 Å². The van der Waals surface area contributed by atoms with Gasteiger partial charge in [-0.05, 0) is 0 Å². The van der Waals surface area contributed by atoms with Gasteiger partial charge < -0.3 is 14.6 Å². The molecule has 0 unspecified atom stereocenters. The van der Waals surface area contributed by atoms with Crippen molar-refractivity contribution in [3.8, 4) is 0 Å². The van der Waals surface area contributed by atoms with Crippen molar-refractivity contribution in [2.45, 2.75) is 6.42 Å². The van der Waals surface area contributed by atoms with E-state index in [4.69, 9.17) is 9.84 Å². The van der Waals surface area contributed by atoms with Crippen molar-refractivity contribution in [1.82, 2.24) is 5.43 Å². The van der Waals surface area contributed by atoms with E-state index in [9.17, 15) is 9.59 Å². The van der Waals surface area contributed by atoms with Crippen molar-refractivity contribution in [2.24, 2.45) is 5.10 Å². The fourth-order valence-electron chi connectivity index (χ4n) is 1.19. The van der Waals surface area contributed by atoms with Crippen LogP contribution in [0, 0.1) is 0 Å². The third-order valence-corrected chi connectivity index (χ3v) is 1.81. The Bertz CT molecular complexity index is 370. The summed E-state index contributed by atoms with van der Waals surface area (Å²) < 4.78 is 9.01. The van der Waals surface area contributed by atoms with Crippen LogP contribution in [-0.4, -0.2) is 29.7 Å². The summed E-state index contributed by atoms with van der Waals surface area (Å²) in [5.74, 6) is -0.524. The lowest BCUT2D eigenvalue weighted by molar-refractivity contribution is -0.136. The number of carbonyl (C=O) groups excluding carboxylic acids is 1. The Morgan fingerprint density at radius 1 is 1.64 bits per heavy atom. The van der Waals surface area contributed by atoms with Gasteiger partial charge >= 0.3 is 12.1 Å². The van der Waals surface area contributed by atoms with Crippen molar-refractivity contribution in [2.75, 3.05) is 6.61 Å². The Labute approximate surface area is 78.0 Å². The summed E-state index contributed by atoms with van der Waals surface area (Å²) in [5, 5.41) is 11.9. The Balaban J connectivity index is 2.09. The van der Waals surface area contributed by atoms with E-state index in [-0.39, 0.29) is 18.9 Å². The normalized spacial score (nSPS) is 19.4. The number of carboxylic acid groups (broad SMARTS) is 1. The summed E-state index contributed by atoms with van der Waals surface area (Å²) in [6, 6.07) is 0. The standard InChI is InChI=1S/C7H6N2O5/c10-6-3-1-5(14-7(11)12)9-8-4(3)2-13-6/h8H,1-2H2,(H,11,12). The molecule has 14 heavy (non-hydrogen) atoms. The van der Waals surface area contributed by atoms with Crippen LogP contribution in [0.1, 0.15) is 6.42 Å². The molecular formula is C7H6N2O5. The van der Waals surface area contributed by atoms with Gasteiger partial charge in [-0.2, -0.15) is 0 Å². The molecule has 2 rings (SSSR count). The van der Waals surface area contributed by atoms with E-state index in [1.807, 2.05) is 0 Å². The van der Waals surface area contributed by atoms with Crippen molar-refractivity contribution >= 4 is 18.0 Å². The van der Waals surface area contributed by atoms with Gasteiger partial charge in [0.25, 0.3) is 0 Å². The second kappa shape index (κ2) is 3.02. The summed E-state index contributed by atoms with van der Waals surface area (Å²) in [4.78, 5) is 21.2. The zero-order valence-electron chi connectivity index (χ0n) is 6.94. The van der Waals surface area contributed by atoms with E-state index >= 15 is 0 Å². The van der Waals surface area contributed by atoms with Crippen molar-refractivity contribution in [3.05, 3.63) is 11.3 Å². The van der Waals surface area contributed by atoms with Gasteiger partial charge in [0.2, 0.25) is 5.90 Å². The summed E-state index contributed by atoms with van der Waals surface area (Å²) in [6.45, 7) is 0.151. The van der Waals surface area contributed by atoms with E-state index < -0.39 is 12.1 Å². The second-order valence-corrected chi connectivity index (χ2v) is 2.70. The van der Waals surface area contributed by atoms with Crippen LogP contribution in [0.25, 0.3) is 0 Å². The maximum atomic E-state index is 11.1. The van der Waals surface area contributed by atoms with Crippen LogP contribution >= 0.6 is 0 Å². The molecule has 0 aromatic carbocycles. The van der Waals surface area contributed by atoms with Gasteiger partial charge in [-0.15, -0.1) is 5.10 Å². The average molecular weight is 198 g/mol. The van der Waals surface area contributed by atoms with Crippen LogP contribution in [0.3, 0.4) is 0 Å². The first kappa shape index (κ1) is 8.54. The van der Waals surface area contributed by atoms with E-state index in [0.29, 0.717) is 11.3 Å². The molecule has 2 heterocycles. The van der Waals surface area contributed by atoms with Crippen LogP contribution in [0.15, 0.2) is 16.4 Å². The molecule has 7 heteroatoms. The zero-order chi connectivity index (χ0) is 10.1. The number of hydrazone groups is 1. The third-order valence-electron chi connectivity index (χ3n) is 1.81. The smallest absolute Gasteiger partial charge is 0.456 e. The Hall–Kier alpha value is -2.05. The van der Waals surface area contributed by atoms with Crippen LogP contribution < -0.4 is 5.43 Å². The zero-order valence-corrected chi connectivity index (χ0v) is 6.94. The van der Waals surface area contributed by atoms with Gasteiger partial charge in [-0.3, -0.25) is 5.43 Å². The first-order valence-corrected chi connectivity index (χ1v) is 3.79. The first-order valence-electron chi connectivity index (χ1n) is 3.79. The van der Waals surface area contributed by atoms with Crippen LogP contribution in [0.4, 0.5) is 4.79 Å². The fourth-order valence-corrected chi connectivity index (χ4v) is 1.19. The highest BCUT2D eigenvalue weighted by atomic mass is 16.7. The topological polar surface area (TPSA) is 97.2 Å². The predicted octanol–water partition coefficient (Wildman–Crippen LogP) is -0.201. The number of hydrogen-bond donors (Lipinski definition) is 2. The molecular weight excluding hydrogens is 192 g/mol. The number of carbonyl (C=O) groups is 2. The van der Waals surface area contributed by atoms with Gasteiger partial charge in [0, 0.05) is 0 Å². The highest BCUT2D eigenvalue weighted by Gasteiger charge is 2.30. The third kappa shape index (κ3) is 1.39. The highest BCUT2D eigenvalue weighted by Crippen LogP contribution is 2.21. The molecule has 2 aliphatic heterocycles. The Morgan fingerprint density at radius 2 is 2.43 bits per heavy atom. The summed E-state index contributed by atoms with van der Waals surface area (Å²) in [7, 11) is 0. The Morgan fingerprint density at radius 3 is 3.14 bits per heavy atom. The lowest BCUT2D eigenvalue weighted by Gasteiger charge is -2.10. The molecule has 0 bridgehead atoms. The summed E-state index contributed by atoms with van der Waals surface area (Å²) in [5.41, 5.74) is 3.43. The lowest BCUT2D eigenvalue weighted by Crippen LogP contribution is -2.23. The molecule has 0 saturated heterocycles. The Kier molecular flexibility index (Phi) is 1.84. The number of ether oxygens (including phenoxy) is 2. The highest BCUT2D eigenvalue weighted by molar-refractivity contribution is 6.00. The van der Waals surface area contributed by atoms with Gasteiger partial charge in [-0.25, -0.2) is 9.59 Å². The molecule has 0 aromatic heterocycles. The first-order chi connectivity index (χ1) is 6.66. The number of hydrogen-bond acceptors (Lipinski definition) is 6. The van der Waals surface area contributed by atoms with Crippen molar-refractivity contribution in [3.63, 3.8) is 0 Å². The van der Waals surface area contributed by atoms with Gasteiger partial charge in [-0.1, -0.05) is 0 Å². The van der Waals surface area contributed by atoms with Crippen molar-refractivity contribution in [1.29, 1.82) is 0 Å². The van der Waals surface area contributed by atoms with E-state index in [0.717, 1.165) is 0 Å². The minimum absolute atomic E-state index is 0.0491.